The molecule has 9 aromatic carbocycles. The van der Waals surface area contributed by atoms with E-state index in [2.05, 4.69) is 170 Å². The average molecular weight is 597 g/mol. The van der Waals surface area contributed by atoms with Crippen molar-refractivity contribution in [2.45, 2.75) is 0 Å². The zero-order valence-corrected chi connectivity index (χ0v) is 25.6. The SMILES string of the molecule is c1ccc(-c2cccc3c2Oc2ccc(-c4c5ccccc5c(-c5cccc6ccccc56)c5ccccc45)c4cccc-3c24)cc1. The van der Waals surface area contributed by atoms with Gasteiger partial charge in [0.1, 0.15) is 11.5 Å². The fraction of sp³-hybridized carbons (Fsp3) is 0. The summed E-state index contributed by atoms with van der Waals surface area (Å²) in [6.07, 6.45) is 0. The van der Waals surface area contributed by atoms with Crippen molar-refractivity contribution in [3.05, 3.63) is 170 Å². The zero-order valence-electron chi connectivity index (χ0n) is 25.6. The number of benzene rings is 9. The van der Waals surface area contributed by atoms with E-state index in [4.69, 9.17) is 4.74 Å². The van der Waals surface area contributed by atoms with E-state index in [1.807, 2.05) is 0 Å². The van der Waals surface area contributed by atoms with Crippen LogP contribution in [-0.4, -0.2) is 0 Å². The first-order chi connectivity index (χ1) is 23.3. The van der Waals surface area contributed by atoms with E-state index >= 15 is 0 Å². The molecule has 1 heterocycles. The minimum Gasteiger partial charge on any atom is -0.455 e. The third-order valence-electron chi connectivity index (χ3n) is 9.86. The molecule has 1 nitrogen and oxygen atoms in total. The van der Waals surface area contributed by atoms with Crippen molar-refractivity contribution in [1.82, 2.24) is 0 Å². The van der Waals surface area contributed by atoms with Crippen molar-refractivity contribution in [2.75, 3.05) is 0 Å². The fourth-order valence-electron chi connectivity index (χ4n) is 7.87. The number of hydrogen-bond acceptors (Lipinski definition) is 1. The predicted molar refractivity (Wildman–Crippen MR) is 198 cm³/mol. The molecule has 0 radical (unpaired) electrons. The lowest BCUT2D eigenvalue weighted by atomic mass is 9.82. The van der Waals surface area contributed by atoms with Crippen molar-refractivity contribution in [3.8, 4) is 56.0 Å². The van der Waals surface area contributed by atoms with Crippen molar-refractivity contribution in [1.29, 1.82) is 0 Å². The van der Waals surface area contributed by atoms with Gasteiger partial charge in [0.05, 0.1) is 0 Å². The van der Waals surface area contributed by atoms with Gasteiger partial charge in [0.25, 0.3) is 0 Å². The summed E-state index contributed by atoms with van der Waals surface area (Å²) in [5.74, 6) is 1.82. The lowest BCUT2D eigenvalue weighted by molar-refractivity contribution is 0.489. The van der Waals surface area contributed by atoms with Crippen LogP contribution in [0.5, 0.6) is 11.5 Å². The van der Waals surface area contributed by atoms with E-state index in [1.165, 1.54) is 65.5 Å². The van der Waals surface area contributed by atoms with Gasteiger partial charge in [-0.3, -0.25) is 0 Å². The van der Waals surface area contributed by atoms with E-state index in [0.29, 0.717) is 0 Å². The maximum atomic E-state index is 6.82. The Morgan fingerprint density at radius 1 is 0.298 bits per heavy atom. The van der Waals surface area contributed by atoms with Crippen LogP contribution < -0.4 is 4.74 Å². The van der Waals surface area contributed by atoms with Crippen LogP contribution in [0.1, 0.15) is 0 Å². The van der Waals surface area contributed by atoms with Crippen molar-refractivity contribution in [2.24, 2.45) is 0 Å². The highest BCUT2D eigenvalue weighted by molar-refractivity contribution is 6.26. The van der Waals surface area contributed by atoms with Crippen LogP contribution in [0.15, 0.2) is 170 Å². The molecular formula is C46H28O. The number of hydrogen-bond donors (Lipinski definition) is 0. The third-order valence-corrected chi connectivity index (χ3v) is 9.86. The third kappa shape index (κ3) is 3.84. The van der Waals surface area contributed by atoms with Crippen LogP contribution in [0, 0.1) is 0 Å². The van der Waals surface area contributed by atoms with E-state index in [1.54, 1.807) is 0 Å². The highest BCUT2D eigenvalue weighted by Crippen LogP contribution is 2.53. The van der Waals surface area contributed by atoms with Gasteiger partial charge in [-0.25, -0.2) is 0 Å². The first-order valence-corrected chi connectivity index (χ1v) is 16.2. The van der Waals surface area contributed by atoms with Crippen LogP contribution >= 0.6 is 0 Å². The van der Waals surface area contributed by atoms with Crippen LogP contribution in [0.25, 0.3) is 87.6 Å². The Kier molecular flexibility index (Phi) is 5.64. The maximum absolute atomic E-state index is 6.82. The molecule has 0 aromatic heterocycles. The van der Waals surface area contributed by atoms with Crippen molar-refractivity contribution < 1.29 is 4.74 Å². The van der Waals surface area contributed by atoms with Crippen LogP contribution in [0.2, 0.25) is 0 Å². The largest absolute Gasteiger partial charge is 0.455 e. The molecule has 0 spiro atoms. The van der Waals surface area contributed by atoms with Gasteiger partial charge >= 0.3 is 0 Å². The van der Waals surface area contributed by atoms with Gasteiger partial charge in [-0.15, -0.1) is 0 Å². The highest BCUT2D eigenvalue weighted by Gasteiger charge is 2.26. The molecule has 10 rings (SSSR count). The van der Waals surface area contributed by atoms with E-state index in [-0.39, 0.29) is 0 Å². The minimum absolute atomic E-state index is 0.899. The lowest BCUT2D eigenvalue weighted by Gasteiger charge is -2.25. The predicted octanol–water partition coefficient (Wildman–Crippen LogP) is 13.1. The Morgan fingerprint density at radius 3 is 1.51 bits per heavy atom. The number of fused-ring (bicyclic) bond motifs is 5. The second-order valence-electron chi connectivity index (χ2n) is 12.4. The normalized spacial score (nSPS) is 12.0. The number of para-hydroxylation sites is 1. The van der Waals surface area contributed by atoms with Crippen molar-refractivity contribution in [3.63, 3.8) is 0 Å². The molecule has 1 aliphatic rings. The Hall–Kier alpha value is -6.18. The van der Waals surface area contributed by atoms with E-state index < -0.39 is 0 Å². The molecule has 47 heavy (non-hydrogen) atoms. The van der Waals surface area contributed by atoms with Crippen LogP contribution in [-0.2, 0) is 0 Å². The molecule has 0 amide bonds. The first-order valence-electron chi connectivity index (χ1n) is 16.2. The Balaban J connectivity index is 1.28. The van der Waals surface area contributed by atoms with E-state index in [0.717, 1.165) is 33.6 Å². The van der Waals surface area contributed by atoms with Gasteiger partial charge in [0, 0.05) is 16.5 Å². The summed E-state index contributed by atoms with van der Waals surface area (Å²) < 4.78 is 6.82. The summed E-state index contributed by atoms with van der Waals surface area (Å²) in [6.45, 7) is 0. The smallest absolute Gasteiger partial charge is 0.143 e. The summed E-state index contributed by atoms with van der Waals surface area (Å²) in [5, 5.41) is 9.89. The Labute approximate surface area is 272 Å². The summed E-state index contributed by atoms with van der Waals surface area (Å²) in [4.78, 5) is 0. The summed E-state index contributed by atoms with van der Waals surface area (Å²) >= 11 is 0. The molecule has 0 saturated carbocycles. The Morgan fingerprint density at radius 2 is 0.787 bits per heavy atom. The number of ether oxygens (including phenoxy) is 1. The molecule has 9 aromatic rings. The quantitative estimate of drug-likeness (QED) is 0.184. The summed E-state index contributed by atoms with van der Waals surface area (Å²) in [5.41, 5.74) is 9.61. The average Bonchev–Trinajstić information content (AvgIpc) is 3.14. The molecular weight excluding hydrogens is 569 g/mol. The van der Waals surface area contributed by atoms with Crippen molar-refractivity contribution >= 4 is 43.1 Å². The molecule has 0 saturated heterocycles. The van der Waals surface area contributed by atoms with Gasteiger partial charge in [-0.05, 0) is 83.2 Å². The first kappa shape index (κ1) is 26.1. The second-order valence-corrected chi connectivity index (χ2v) is 12.4. The van der Waals surface area contributed by atoms with Gasteiger partial charge in [-0.1, -0.05) is 158 Å². The van der Waals surface area contributed by atoms with Crippen LogP contribution in [0.3, 0.4) is 0 Å². The highest BCUT2D eigenvalue weighted by atomic mass is 16.5. The molecule has 0 N–H and O–H groups in total. The zero-order chi connectivity index (χ0) is 30.9. The van der Waals surface area contributed by atoms with E-state index in [9.17, 15) is 0 Å². The fourth-order valence-corrected chi connectivity index (χ4v) is 7.87. The minimum atomic E-state index is 0.899. The van der Waals surface area contributed by atoms with Gasteiger partial charge in [0.2, 0.25) is 0 Å². The topological polar surface area (TPSA) is 9.23 Å². The van der Waals surface area contributed by atoms with Gasteiger partial charge in [-0.2, -0.15) is 0 Å². The molecule has 0 atom stereocenters. The number of rotatable bonds is 3. The molecule has 1 heteroatoms. The van der Waals surface area contributed by atoms with Gasteiger partial charge in [0.15, 0.2) is 0 Å². The van der Waals surface area contributed by atoms with Crippen LogP contribution in [0.4, 0.5) is 0 Å². The molecule has 0 unspecified atom stereocenters. The van der Waals surface area contributed by atoms with Gasteiger partial charge < -0.3 is 4.74 Å². The molecule has 0 fully saturated rings. The standard InChI is InChI=1S/C46H28O/c1-2-13-30(14-3-1)32-22-11-26-41-39-25-12-24-38-40(27-28-42(45(38)39)47-46(32)41)44-36-20-8-6-18-34(36)43(35-19-7-9-21-37(35)44)33-23-10-16-29-15-4-5-17-31(29)33/h1-28H. The second kappa shape index (κ2) is 10.2. The Bertz CT molecular complexity index is 2640. The molecule has 218 valence electrons. The maximum Gasteiger partial charge on any atom is 0.143 e. The monoisotopic (exact) mass is 596 g/mol. The molecule has 0 aliphatic carbocycles. The summed E-state index contributed by atoms with van der Waals surface area (Å²) in [7, 11) is 0. The lowest BCUT2D eigenvalue weighted by Crippen LogP contribution is -2.00. The summed E-state index contributed by atoms with van der Waals surface area (Å²) in [6, 6.07) is 61.4. The molecule has 0 bridgehead atoms. The molecule has 1 aliphatic heterocycles.